The van der Waals surface area contributed by atoms with E-state index in [0.29, 0.717) is 10.6 Å². The van der Waals surface area contributed by atoms with Crippen molar-refractivity contribution in [3.63, 3.8) is 0 Å². The number of rotatable bonds is 3. The molecule has 0 aliphatic heterocycles. The monoisotopic (exact) mass is 231 g/mol. The Balaban J connectivity index is 2.99. The molecule has 0 fully saturated rings. The molecule has 14 heavy (non-hydrogen) atoms. The van der Waals surface area contributed by atoms with Crippen LogP contribution in [0.2, 0.25) is 0 Å². The molecule has 1 amide bonds. The predicted octanol–water partition coefficient (Wildman–Crippen LogP) is 2.44. The number of carbonyl (C=O) groups is 2. The van der Waals surface area contributed by atoms with E-state index in [1.54, 1.807) is 0 Å². The molecule has 0 aromatic carbocycles. The highest BCUT2D eigenvalue weighted by Crippen LogP contribution is 2.27. The first-order valence-corrected chi connectivity index (χ1v) is 5.42. The summed E-state index contributed by atoms with van der Waals surface area (Å²) in [5, 5.41) is 4.44. The molecule has 0 radical (unpaired) electrons. The van der Waals surface area contributed by atoms with Crippen molar-refractivity contribution in [1.29, 1.82) is 0 Å². The number of amides is 1. The number of anilines is 1. The third-order valence-electron chi connectivity index (χ3n) is 1.68. The molecule has 0 unspecified atom stereocenters. The third-order valence-corrected chi connectivity index (χ3v) is 3.12. The topological polar surface area (TPSA) is 46.2 Å². The number of ketones is 1. The largest absolute Gasteiger partial charge is 0.323 e. The van der Waals surface area contributed by atoms with Gasteiger partial charge in [-0.05, 0) is 17.9 Å². The van der Waals surface area contributed by atoms with Crippen molar-refractivity contribution in [2.24, 2.45) is 0 Å². The zero-order valence-corrected chi connectivity index (χ0v) is 9.46. The van der Waals surface area contributed by atoms with Crippen molar-refractivity contribution in [2.75, 3.05) is 11.2 Å². The lowest BCUT2D eigenvalue weighted by atomic mass is 10.2. The summed E-state index contributed by atoms with van der Waals surface area (Å²) in [6, 6.07) is 0. The molecule has 0 aliphatic carbocycles. The maximum Gasteiger partial charge on any atom is 0.239 e. The van der Waals surface area contributed by atoms with Crippen LogP contribution in [-0.2, 0) is 4.79 Å². The lowest BCUT2D eigenvalue weighted by molar-refractivity contribution is -0.113. The van der Waals surface area contributed by atoms with Crippen LogP contribution in [0.5, 0.6) is 0 Å². The molecule has 5 heteroatoms. The fraction of sp³-hybridized carbons (Fsp3) is 0.333. The van der Waals surface area contributed by atoms with Gasteiger partial charge in [0.1, 0.15) is 5.88 Å². The maximum atomic E-state index is 11.2. The molecule has 0 spiro atoms. The van der Waals surface area contributed by atoms with Crippen molar-refractivity contribution in [3.05, 3.63) is 15.8 Å². The van der Waals surface area contributed by atoms with Crippen molar-refractivity contribution >= 4 is 40.3 Å². The van der Waals surface area contributed by atoms with Gasteiger partial charge in [-0.15, -0.1) is 22.9 Å². The van der Waals surface area contributed by atoms with Crippen LogP contribution in [0.4, 0.5) is 5.69 Å². The molecule has 1 rings (SSSR count). The van der Waals surface area contributed by atoms with Crippen LogP contribution in [0.1, 0.15) is 22.2 Å². The van der Waals surface area contributed by atoms with Gasteiger partial charge in [0.2, 0.25) is 5.91 Å². The van der Waals surface area contributed by atoms with Gasteiger partial charge >= 0.3 is 0 Å². The Labute approximate surface area is 91.1 Å². The number of hydrogen-bond donors (Lipinski definition) is 1. The van der Waals surface area contributed by atoms with E-state index in [-0.39, 0.29) is 17.6 Å². The molecular formula is C9H10ClNO2S. The SMILES string of the molecule is CC(=O)c1scc(C)c1NC(=O)CCl. The molecule has 0 aliphatic rings. The number of alkyl halides is 1. The lowest BCUT2D eigenvalue weighted by Crippen LogP contribution is -2.14. The van der Waals surface area contributed by atoms with Crippen LogP contribution in [0.25, 0.3) is 0 Å². The minimum atomic E-state index is -0.296. The lowest BCUT2D eigenvalue weighted by Gasteiger charge is -2.03. The Hall–Kier alpha value is -0.870. The van der Waals surface area contributed by atoms with Gasteiger partial charge in [0.05, 0.1) is 10.6 Å². The number of halogens is 1. The molecule has 0 atom stereocenters. The standard InChI is InChI=1S/C9H10ClNO2S/c1-5-4-14-9(6(2)12)8(5)11-7(13)3-10/h4H,3H2,1-2H3,(H,11,13). The molecule has 0 saturated heterocycles. The molecule has 3 nitrogen and oxygen atoms in total. The summed E-state index contributed by atoms with van der Waals surface area (Å²) in [4.78, 5) is 22.8. The molecule has 76 valence electrons. The number of carbonyl (C=O) groups excluding carboxylic acids is 2. The Bertz CT molecular complexity index is 373. The second kappa shape index (κ2) is 4.57. The number of hydrogen-bond acceptors (Lipinski definition) is 3. The van der Waals surface area contributed by atoms with E-state index in [1.165, 1.54) is 18.3 Å². The van der Waals surface area contributed by atoms with Crippen LogP contribution in [0, 0.1) is 6.92 Å². The van der Waals surface area contributed by atoms with Gasteiger partial charge in [-0.3, -0.25) is 9.59 Å². The summed E-state index contributed by atoms with van der Waals surface area (Å²) in [7, 11) is 0. The van der Waals surface area contributed by atoms with Gasteiger partial charge in [-0.25, -0.2) is 0 Å². The minimum absolute atomic E-state index is 0.0482. The van der Waals surface area contributed by atoms with Crippen LogP contribution in [-0.4, -0.2) is 17.6 Å². The fourth-order valence-electron chi connectivity index (χ4n) is 1.03. The molecule has 0 saturated carbocycles. The van der Waals surface area contributed by atoms with E-state index >= 15 is 0 Å². The van der Waals surface area contributed by atoms with Gasteiger partial charge in [-0.1, -0.05) is 0 Å². The van der Waals surface area contributed by atoms with E-state index in [9.17, 15) is 9.59 Å². The highest BCUT2D eigenvalue weighted by atomic mass is 35.5. The maximum absolute atomic E-state index is 11.2. The zero-order valence-electron chi connectivity index (χ0n) is 7.89. The molecule has 1 aromatic rings. The summed E-state index contributed by atoms with van der Waals surface area (Å²) in [6.45, 7) is 3.31. The van der Waals surface area contributed by atoms with Crippen molar-refractivity contribution in [1.82, 2.24) is 0 Å². The third kappa shape index (κ3) is 2.33. The van der Waals surface area contributed by atoms with Gasteiger partial charge in [0.25, 0.3) is 0 Å². The van der Waals surface area contributed by atoms with Crippen LogP contribution >= 0.6 is 22.9 Å². The summed E-state index contributed by atoms with van der Waals surface area (Å²) in [5.74, 6) is -0.448. The van der Waals surface area contributed by atoms with Crippen molar-refractivity contribution < 1.29 is 9.59 Å². The van der Waals surface area contributed by atoms with E-state index in [2.05, 4.69) is 5.32 Å². The molecule has 1 heterocycles. The highest BCUT2D eigenvalue weighted by molar-refractivity contribution is 7.13. The average Bonchev–Trinajstić information content (AvgIpc) is 2.48. The molecule has 0 bridgehead atoms. The fourth-order valence-corrected chi connectivity index (χ4v) is 2.01. The first kappa shape index (κ1) is 11.2. The highest BCUT2D eigenvalue weighted by Gasteiger charge is 2.14. The normalized spacial score (nSPS) is 9.93. The van der Waals surface area contributed by atoms with E-state index in [4.69, 9.17) is 11.6 Å². The van der Waals surface area contributed by atoms with E-state index in [0.717, 1.165) is 5.56 Å². The van der Waals surface area contributed by atoms with Gasteiger partial charge in [0.15, 0.2) is 5.78 Å². The Morgan fingerprint density at radius 3 is 2.71 bits per heavy atom. The Morgan fingerprint density at radius 2 is 2.21 bits per heavy atom. The van der Waals surface area contributed by atoms with E-state index < -0.39 is 0 Å². The first-order chi connectivity index (χ1) is 6.56. The summed E-state index contributed by atoms with van der Waals surface area (Å²) in [5.41, 5.74) is 1.48. The molecule has 1 N–H and O–H groups in total. The molecule has 1 aromatic heterocycles. The smallest absolute Gasteiger partial charge is 0.239 e. The van der Waals surface area contributed by atoms with Crippen LogP contribution in [0.3, 0.4) is 0 Å². The number of aryl methyl sites for hydroxylation is 1. The number of nitrogens with one attached hydrogen (secondary N) is 1. The van der Waals surface area contributed by atoms with Crippen molar-refractivity contribution in [2.45, 2.75) is 13.8 Å². The predicted molar refractivity (Wildman–Crippen MR) is 58.4 cm³/mol. The Morgan fingerprint density at radius 1 is 1.57 bits per heavy atom. The van der Waals surface area contributed by atoms with Gasteiger partial charge < -0.3 is 5.32 Å². The van der Waals surface area contributed by atoms with Gasteiger partial charge in [0, 0.05) is 6.92 Å². The van der Waals surface area contributed by atoms with Gasteiger partial charge in [-0.2, -0.15) is 0 Å². The van der Waals surface area contributed by atoms with Crippen LogP contribution < -0.4 is 5.32 Å². The second-order valence-electron chi connectivity index (χ2n) is 2.86. The number of thiophene rings is 1. The molecular weight excluding hydrogens is 222 g/mol. The second-order valence-corrected chi connectivity index (χ2v) is 4.01. The summed E-state index contributed by atoms with van der Waals surface area (Å²) < 4.78 is 0. The minimum Gasteiger partial charge on any atom is -0.323 e. The Kier molecular flexibility index (Phi) is 3.66. The summed E-state index contributed by atoms with van der Waals surface area (Å²) in [6.07, 6.45) is 0. The van der Waals surface area contributed by atoms with Crippen LogP contribution in [0.15, 0.2) is 5.38 Å². The summed E-state index contributed by atoms with van der Waals surface area (Å²) >= 11 is 6.69. The quantitative estimate of drug-likeness (QED) is 0.642. The van der Waals surface area contributed by atoms with Crippen molar-refractivity contribution in [3.8, 4) is 0 Å². The first-order valence-electron chi connectivity index (χ1n) is 4.01. The average molecular weight is 232 g/mol. The zero-order chi connectivity index (χ0) is 10.7. The van der Waals surface area contributed by atoms with E-state index in [1.807, 2.05) is 12.3 Å². The number of Topliss-reactive ketones (excluding diaryl/α,β-unsaturated/α-hetero) is 1.